The summed E-state index contributed by atoms with van der Waals surface area (Å²) in [4.78, 5) is 16.1. The number of carbonyl (C=O) groups excluding carboxylic acids is 1. The summed E-state index contributed by atoms with van der Waals surface area (Å²) in [5.41, 5.74) is 0.566. The molecule has 1 heterocycles. The second kappa shape index (κ2) is 7.45. The maximum absolute atomic E-state index is 13.6. The van der Waals surface area contributed by atoms with Crippen molar-refractivity contribution in [1.82, 2.24) is 4.98 Å². The number of halogens is 4. The molecule has 1 aromatic heterocycles. The summed E-state index contributed by atoms with van der Waals surface area (Å²) >= 11 is 5.77. The van der Waals surface area contributed by atoms with E-state index in [2.05, 4.69) is 15.6 Å². The smallest absolute Gasteiger partial charge is 0.255 e. The Morgan fingerprint density at radius 1 is 0.923 bits per heavy atom. The second-order valence-electron chi connectivity index (χ2n) is 5.24. The molecule has 0 radical (unpaired) electrons. The fourth-order valence-corrected chi connectivity index (χ4v) is 2.23. The third-order valence-corrected chi connectivity index (χ3v) is 3.68. The Morgan fingerprint density at radius 3 is 2.31 bits per heavy atom. The summed E-state index contributed by atoms with van der Waals surface area (Å²) in [6.45, 7) is 0. The van der Waals surface area contributed by atoms with Crippen LogP contribution in [-0.4, -0.2) is 10.9 Å². The van der Waals surface area contributed by atoms with Crippen LogP contribution < -0.4 is 10.6 Å². The highest BCUT2D eigenvalue weighted by Gasteiger charge is 2.14. The Labute approximate surface area is 151 Å². The van der Waals surface area contributed by atoms with E-state index in [4.69, 9.17) is 11.6 Å². The summed E-state index contributed by atoms with van der Waals surface area (Å²) in [7, 11) is 0. The summed E-state index contributed by atoms with van der Waals surface area (Å²) in [6, 6.07) is 11.2. The quantitative estimate of drug-likeness (QED) is 0.618. The number of hydrogen-bond acceptors (Lipinski definition) is 3. The van der Waals surface area contributed by atoms with E-state index in [1.807, 2.05) is 0 Å². The van der Waals surface area contributed by atoms with Gasteiger partial charge in [0.2, 0.25) is 0 Å². The van der Waals surface area contributed by atoms with Crippen LogP contribution in [0.15, 0.2) is 54.7 Å². The molecule has 0 saturated carbocycles. The van der Waals surface area contributed by atoms with Gasteiger partial charge in [-0.05, 0) is 48.5 Å². The van der Waals surface area contributed by atoms with Crippen LogP contribution in [0.1, 0.15) is 10.4 Å². The van der Waals surface area contributed by atoms with Gasteiger partial charge in [-0.2, -0.15) is 0 Å². The van der Waals surface area contributed by atoms with Crippen molar-refractivity contribution >= 4 is 34.7 Å². The summed E-state index contributed by atoms with van der Waals surface area (Å²) in [6.07, 6.45) is 1.34. The van der Waals surface area contributed by atoms with Crippen LogP contribution in [0, 0.1) is 17.5 Å². The first kappa shape index (κ1) is 17.8. The molecule has 0 aliphatic heterocycles. The van der Waals surface area contributed by atoms with Crippen LogP contribution in [-0.2, 0) is 0 Å². The van der Waals surface area contributed by atoms with E-state index in [0.29, 0.717) is 16.3 Å². The van der Waals surface area contributed by atoms with E-state index >= 15 is 0 Å². The number of rotatable bonds is 4. The van der Waals surface area contributed by atoms with Gasteiger partial charge < -0.3 is 10.6 Å². The number of amides is 1. The lowest BCUT2D eigenvalue weighted by Gasteiger charge is -2.09. The van der Waals surface area contributed by atoms with Crippen molar-refractivity contribution in [2.24, 2.45) is 0 Å². The molecule has 0 aliphatic carbocycles. The maximum atomic E-state index is 13.6. The monoisotopic (exact) mass is 377 g/mol. The van der Waals surface area contributed by atoms with Crippen LogP contribution in [0.25, 0.3) is 0 Å². The highest BCUT2D eigenvalue weighted by Crippen LogP contribution is 2.23. The minimum Gasteiger partial charge on any atom is -0.338 e. The average molecular weight is 378 g/mol. The lowest BCUT2D eigenvalue weighted by Crippen LogP contribution is -2.12. The van der Waals surface area contributed by atoms with Gasteiger partial charge in [0.25, 0.3) is 5.91 Å². The fraction of sp³-hybridized carbons (Fsp3) is 0. The number of aromatic nitrogens is 1. The molecule has 0 saturated heterocycles. The molecule has 3 aromatic rings. The van der Waals surface area contributed by atoms with Gasteiger partial charge in [-0.15, -0.1) is 0 Å². The van der Waals surface area contributed by atoms with E-state index in [9.17, 15) is 18.0 Å². The van der Waals surface area contributed by atoms with Gasteiger partial charge in [-0.1, -0.05) is 11.6 Å². The molecule has 1 amide bonds. The number of nitrogens with one attached hydrogen (secondary N) is 2. The molecule has 132 valence electrons. The Kier molecular flexibility index (Phi) is 5.09. The Bertz CT molecular complexity index is 947. The Balaban J connectivity index is 1.70. The van der Waals surface area contributed by atoms with E-state index in [-0.39, 0.29) is 17.4 Å². The van der Waals surface area contributed by atoms with Crippen molar-refractivity contribution in [2.45, 2.75) is 0 Å². The van der Waals surface area contributed by atoms with Gasteiger partial charge in [0.15, 0.2) is 17.5 Å². The minimum atomic E-state index is -1.57. The maximum Gasteiger partial charge on any atom is 0.255 e. The zero-order valence-corrected chi connectivity index (χ0v) is 13.8. The highest BCUT2D eigenvalue weighted by molar-refractivity contribution is 6.30. The molecule has 3 rings (SSSR count). The molecule has 2 N–H and O–H groups in total. The van der Waals surface area contributed by atoms with Crippen LogP contribution in [0.5, 0.6) is 0 Å². The van der Waals surface area contributed by atoms with Crippen molar-refractivity contribution in [1.29, 1.82) is 0 Å². The van der Waals surface area contributed by atoms with Gasteiger partial charge in [-0.25, -0.2) is 18.2 Å². The molecule has 0 unspecified atom stereocenters. The number of anilines is 3. The number of benzene rings is 2. The van der Waals surface area contributed by atoms with Crippen LogP contribution >= 0.6 is 11.6 Å². The summed E-state index contributed by atoms with van der Waals surface area (Å²) < 4.78 is 39.8. The molecule has 26 heavy (non-hydrogen) atoms. The van der Waals surface area contributed by atoms with E-state index < -0.39 is 17.5 Å². The molecule has 8 heteroatoms. The molecular weight excluding hydrogens is 367 g/mol. The van der Waals surface area contributed by atoms with E-state index in [0.717, 1.165) is 12.1 Å². The SMILES string of the molecule is O=C(Nc1ccc(Nc2ccc(F)c(F)c2F)nc1)c1ccc(Cl)cc1. The molecule has 0 aliphatic rings. The Hall–Kier alpha value is -3.06. The molecule has 0 spiro atoms. The zero-order chi connectivity index (χ0) is 18.7. The van der Waals surface area contributed by atoms with E-state index in [1.165, 1.54) is 18.3 Å². The topological polar surface area (TPSA) is 54.0 Å². The number of carbonyl (C=O) groups is 1. The molecular formula is C18H11ClF3N3O. The standard InChI is InChI=1S/C18H11ClF3N3O/c19-11-3-1-10(2-4-11)18(26)24-12-5-8-15(23-9-12)25-14-7-6-13(20)16(21)17(14)22/h1-9H,(H,23,25)(H,24,26). The first-order valence-electron chi connectivity index (χ1n) is 7.37. The molecule has 0 atom stereocenters. The van der Waals surface area contributed by atoms with Crippen LogP contribution in [0.2, 0.25) is 5.02 Å². The van der Waals surface area contributed by atoms with Gasteiger partial charge >= 0.3 is 0 Å². The van der Waals surface area contributed by atoms with Crippen molar-refractivity contribution in [3.05, 3.63) is 82.8 Å². The lowest BCUT2D eigenvalue weighted by atomic mass is 10.2. The lowest BCUT2D eigenvalue weighted by molar-refractivity contribution is 0.102. The minimum absolute atomic E-state index is 0.194. The number of pyridine rings is 1. The number of nitrogens with zero attached hydrogens (tertiary/aromatic N) is 1. The summed E-state index contributed by atoms with van der Waals surface area (Å²) in [5, 5.41) is 5.70. The third-order valence-electron chi connectivity index (χ3n) is 3.43. The second-order valence-corrected chi connectivity index (χ2v) is 5.68. The molecule has 4 nitrogen and oxygen atoms in total. The molecule has 0 bridgehead atoms. The van der Waals surface area contributed by atoms with Crippen molar-refractivity contribution < 1.29 is 18.0 Å². The fourth-order valence-electron chi connectivity index (χ4n) is 2.11. The average Bonchev–Trinajstić information content (AvgIpc) is 2.64. The predicted octanol–water partition coefficient (Wildman–Crippen LogP) is 5.15. The van der Waals surface area contributed by atoms with Crippen LogP contribution in [0.4, 0.5) is 30.4 Å². The van der Waals surface area contributed by atoms with E-state index in [1.54, 1.807) is 24.3 Å². The largest absolute Gasteiger partial charge is 0.338 e. The third kappa shape index (κ3) is 3.94. The van der Waals surface area contributed by atoms with Crippen LogP contribution in [0.3, 0.4) is 0 Å². The predicted molar refractivity (Wildman–Crippen MR) is 93.2 cm³/mol. The first-order valence-corrected chi connectivity index (χ1v) is 7.75. The van der Waals surface area contributed by atoms with Gasteiger partial charge in [-0.3, -0.25) is 4.79 Å². The van der Waals surface area contributed by atoms with Crippen molar-refractivity contribution in [3.8, 4) is 0 Å². The highest BCUT2D eigenvalue weighted by atomic mass is 35.5. The molecule has 0 fully saturated rings. The normalized spacial score (nSPS) is 10.5. The first-order chi connectivity index (χ1) is 12.4. The molecule has 2 aromatic carbocycles. The zero-order valence-electron chi connectivity index (χ0n) is 13.1. The van der Waals surface area contributed by atoms with Gasteiger partial charge in [0.1, 0.15) is 5.82 Å². The van der Waals surface area contributed by atoms with Crippen molar-refractivity contribution in [3.63, 3.8) is 0 Å². The Morgan fingerprint density at radius 2 is 1.65 bits per heavy atom. The summed E-state index contributed by atoms with van der Waals surface area (Å²) in [5.74, 6) is -4.34. The van der Waals surface area contributed by atoms with Gasteiger partial charge in [0, 0.05) is 10.6 Å². The van der Waals surface area contributed by atoms with Crippen molar-refractivity contribution in [2.75, 3.05) is 10.6 Å². The van der Waals surface area contributed by atoms with Gasteiger partial charge in [0.05, 0.1) is 17.6 Å². The number of hydrogen-bond donors (Lipinski definition) is 2.